The third-order valence-corrected chi connectivity index (χ3v) is 3.00. The van der Waals surface area contributed by atoms with Crippen molar-refractivity contribution in [3.8, 4) is 11.1 Å². The molecule has 0 aliphatic heterocycles. The molecule has 1 heteroatoms. The van der Waals surface area contributed by atoms with Gasteiger partial charge in [0, 0.05) is 11.3 Å². The SMILES string of the molecule is CCc1c(C)ccc(N)c1-c1ccccc1. The van der Waals surface area contributed by atoms with Crippen molar-refractivity contribution in [2.75, 3.05) is 5.73 Å². The lowest BCUT2D eigenvalue weighted by Crippen LogP contribution is -1.97. The van der Waals surface area contributed by atoms with Crippen molar-refractivity contribution in [3.63, 3.8) is 0 Å². The van der Waals surface area contributed by atoms with Crippen LogP contribution in [0.25, 0.3) is 11.1 Å². The van der Waals surface area contributed by atoms with Gasteiger partial charge in [-0.25, -0.2) is 0 Å². The Balaban J connectivity index is 2.68. The van der Waals surface area contributed by atoms with Crippen LogP contribution in [-0.2, 0) is 6.42 Å². The molecule has 2 aromatic carbocycles. The van der Waals surface area contributed by atoms with Crippen LogP contribution in [0, 0.1) is 6.92 Å². The third-order valence-electron chi connectivity index (χ3n) is 3.00. The van der Waals surface area contributed by atoms with Gasteiger partial charge < -0.3 is 5.73 Å². The average molecular weight is 211 g/mol. The van der Waals surface area contributed by atoms with E-state index in [0.717, 1.165) is 12.1 Å². The minimum absolute atomic E-state index is 0.869. The van der Waals surface area contributed by atoms with Gasteiger partial charge in [-0.05, 0) is 36.1 Å². The summed E-state index contributed by atoms with van der Waals surface area (Å²) in [5.74, 6) is 0. The van der Waals surface area contributed by atoms with Gasteiger partial charge in [0.1, 0.15) is 0 Å². The monoisotopic (exact) mass is 211 g/mol. The highest BCUT2D eigenvalue weighted by Crippen LogP contribution is 2.31. The lowest BCUT2D eigenvalue weighted by molar-refractivity contribution is 1.11. The molecule has 0 fully saturated rings. The van der Waals surface area contributed by atoms with Crippen LogP contribution in [0.1, 0.15) is 18.1 Å². The molecular weight excluding hydrogens is 194 g/mol. The summed E-state index contributed by atoms with van der Waals surface area (Å²) in [6, 6.07) is 14.5. The van der Waals surface area contributed by atoms with Crippen molar-refractivity contribution >= 4 is 5.69 Å². The summed E-state index contributed by atoms with van der Waals surface area (Å²) in [4.78, 5) is 0. The van der Waals surface area contributed by atoms with Crippen LogP contribution in [-0.4, -0.2) is 0 Å². The summed E-state index contributed by atoms with van der Waals surface area (Å²) < 4.78 is 0. The van der Waals surface area contributed by atoms with Gasteiger partial charge in [-0.3, -0.25) is 0 Å². The fourth-order valence-corrected chi connectivity index (χ4v) is 2.17. The van der Waals surface area contributed by atoms with Crippen LogP contribution in [0.3, 0.4) is 0 Å². The van der Waals surface area contributed by atoms with Gasteiger partial charge in [-0.1, -0.05) is 43.3 Å². The number of nitrogens with two attached hydrogens (primary N) is 1. The molecular formula is C15H17N. The maximum Gasteiger partial charge on any atom is 0.0396 e. The van der Waals surface area contributed by atoms with Crippen LogP contribution in [0.5, 0.6) is 0 Å². The first-order valence-electron chi connectivity index (χ1n) is 5.67. The molecule has 0 aliphatic rings. The van der Waals surface area contributed by atoms with Gasteiger partial charge in [0.15, 0.2) is 0 Å². The first kappa shape index (κ1) is 10.7. The van der Waals surface area contributed by atoms with E-state index in [1.165, 1.54) is 22.3 Å². The van der Waals surface area contributed by atoms with Crippen LogP contribution in [0.15, 0.2) is 42.5 Å². The summed E-state index contributed by atoms with van der Waals surface area (Å²) in [7, 11) is 0. The van der Waals surface area contributed by atoms with Gasteiger partial charge in [-0.15, -0.1) is 0 Å². The number of benzene rings is 2. The van der Waals surface area contributed by atoms with Gasteiger partial charge in [-0.2, -0.15) is 0 Å². The summed E-state index contributed by atoms with van der Waals surface area (Å²) in [6.45, 7) is 4.32. The van der Waals surface area contributed by atoms with E-state index < -0.39 is 0 Å². The number of hydrogen-bond acceptors (Lipinski definition) is 1. The zero-order valence-corrected chi connectivity index (χ0v) is 9.83. The summed E-state index contributed by atoms with van der Waals surface area (Å²) in [5.41, 5.74) is 12.0. The number of anilines is 1. The summed E-state index contributed by atoms with van der Waals surface area (Å²) in [5, 5.41) is 0. The van der Waals surface area contributed by atoms with Gasteiger partial charge in [0.25, 0.3) is 0 Å². The van der Waals surface area contributed by atoms with Crippen molar-refractivity contribution in [3.05, 3.63) is 53.6 Å². The molecule has 0 atom stereocenters. The zero-order chi connectivity index (χ0) is 11.5. The van der Waals surface area contributed by atoms with E-state index in [-0.39, 0.29) is 0 Å². The van der Waals surface area contributed by atoms with Crippen molar-refractivity contribution in [2.24, 2.45) is 0 Å². The highest BCUT2D eigenvalue weighted by atomic mass is 14.6. The van der Waals surface area contributed by atoms with E-state index in [1.54, 1.807) is 0 Å². The molecule has 0 amide bonds. The first-order valence-corrected chi connectivity index (χ1v) is 5.67. The predicted octanol–water partition coefficient (Wildman–Crippen LogP) is 3.81. The summed E-state index contributed by atoms with van der Waals surface area (Å²) in [6.07, 6.45) is 1.01. The molecule has 0 saturated carbocycles. The van der Waals surface area contributed by atoms with E-state index in [1.807, 2.05) is 12.1 Å². The quantitative estimate of drug-likeness (QED) is 0.751. The van der Waals surface area contributed by atoms with Crippen molar-refractivity contribution in [1.82, 2.24) is 0 Å². The minimum atomic E-state index is 0.869. The fraction of sp³-hybridized carbons (Fsp3) is 0.200. The van der Waals surface area contributed by atoms with E-state index in [2.05, 4.69) is 44.2 Å². The molecule has 0 aromatic heterocycles. The number of hydrogen-bond donors (Lipinski definition) is 1. The fourth-order valence-electron chi connectivity index (χ4n) is 2.17. The third kappa shape index (κ3) is 1.81. The van der Waals surface area contributed by atoms with E-state index in [9.17, 15) is 0 Å². The predicted molar refractivity (Wildman–Crippen MR) is 70.4 cm³/mol. The largest absolute Gasteiger partial charge is 0.398 e. The summed E-state index contributed by atoms with van der Waals surface area (Å²) >= 11 is 0. The van der Waals surface area contributed by atoms with Gasteiger partial charge >= 0.3 is 0 Å². The first-order chi connectivity index (χ1) is 7.74. The Kier molecular flexibility index (Phi) is 2.95. The molecule has 2 N–H and O–H groups in total. The van der Waals surface area contributed by atoms with Gasteiger partial charge in [0.2, 0.25) is 0 Å². The van der Waals surface area contributed by atoms with Crippen LogP contribution < -0.4 is 5.73 Å². The number of rotatable bonds is 2. The lowest BCUT2D eigenvalue weighted by Gasteiger charge is -2.14. The molecule has 0 radical (unpaired) electrons. The Bertz CT molecular complexity index is 486. The van der Waals surface area contributed by atoms with Crippen LogP contribution in [0.2, 0.25) is 0 Å². The highest BCUT2D eigenvalue weighted by Gasteiger charge is 2.09. The number of aryl methyl sites for hydroxylation is 1. The molecule has 0 aliphatic carbocycles. The van der Waals surface area contributed by atoms with Crippen LogP contribution in [0.4, 0.5) is 5.69 Å². The zero-order valence-electron chi connectivity index (χ0n) is 9.83. The highest BCUT2D eigenvalue weighted by molar-refractivity contribution is 5.80. The Morgan fingerprint density at radius 2 is 1.69 bits per heavy atom. The Morgan fingerprint density at radius 3 is 2.31 bits per heavy atom. The molecule has 1 nitrogen and oxygen atoms in total. The van der Waals surface area contributed by atoms with Crippen LogP contribution >= 0.6 is 0 Å². The second-order valence-electron chi connectivity index (χ2n) is 4.04. The molecule has 0 heterocycles. The standard InChI is InChI=1S/C15H17N/c1-3-13-11(2)9-10-14(16)15(13)12-7-5-4-6-8-12/h4-10H,3,16H2,1-2H3. The molecule has 0 saturated heterocycles. The molecule has 0 bridgehead atoms. The van der Waals surface area contributed by atoms with E-state index in [0.29, 0.717) is 0 Å². The van der Waals surface area contributed by atoms with Crippen molar-refractivity contribution in [1.29, 1.82) is 0 Å². The molecule has 0 spiro atoms. The maximum absolute atomic E-state index is 6.10. The molecule has 16 heavy (non-hydrogen) atoms. The smallest absolute Gasteiger partial charge is 0.0396 e. The molecule has 82 valence electrons. The lowest BCUT2D eigenvalue weighted by atomic mass is 9.93. The Morgan fingerprint density at radius 1 is 1.00 bits per heavy atom. The topological polar surface area (TPSA) is 26.0 Å². The van der Waals surface area contributed by atoms with E-state index in [4.69, 9.17) is 5.73 Å². The second-order valence-corrected chi connectivity index (χ2v) is 4.04. The molecule has 0 unspecified atom stereocenters. The maximum atomic E-state index is 6.10. The Hall–Kier alpha value is -1.76. The van der Waals surface area contributed by atoms with E-state index >= 15 is 0 Å². The second kappa shape index (κ2) is 4.40. The van der Waals surface area contributed by atoms with Crippen molar-refractivity contribution in [2.45, 2.75) is 20.3 Å². The van der Waals surface area contributed by atoms with Gasteiger partial charge in [0.05, 0.1) is 0 Å². The number of nitrogen functional groups attached to an aromatic ring is 1. The van der Waals surface area contributed by atoms with Crippen molar-refractivity contribution < 1.29 is 0 Å². The molecule has 2 rings (SSSR count). The Labute approximate surface area is 96.9 Å². The average Bonchev–Trinajstić information content (AvgIpc) is 2.33. The normalized spacial score (nSPS) is 10.4. The minimum Gasteiger partial charge on any atom is -0.398 e. The molecule has 2 aromatic rings.